The van der Waals surface area contributed by atoms with Gasteiger partial charge >= 0.3 is 0 Å². The summed E-state index contributed by atoms with van der Waals surface area (Å²) in [4.78, 5) is 10.6. The molecule has 2 rings (SSSR count). The fraction of sp³-hybridized carbons (Fsp3) is 0.154. The monoisotopic (exact) mass is 243 g/mol. The molecule has 0 atom stereocenters. The van der Waals surface area contributed by atoms with Crippen molar-refractivity contribution in [2.24, 2.45) is 0 Å². The van der Waals surface area contributed by atoms with Gasteiger partial charge in [0.2, 0.25) is 0 Å². The average Bonchev–Trinajstić information content (AvgIpc) is 2.46. The lowest BCUT2D eigenvalue weighted by Gasteiger charge is -2.08. The standard InChI is InChI=1S/C13H13N3O2/c1-14-13-12(18-2)7-11(15-16-13)10-5-3-9(8-17)4-6-10/h3-8H,1-2H3,(H,14,16). The van der Waals surface area contributed by atoms with E-state index in [0.29, 0.717) is 22.8 Å². The van der Waals surface area contributed by atoms with Crippen LogP contribution in [-0.2, 0) is 0 Å². The number of aromatic nitrogens is 2. The van der Waals surface area contributed by atoms with Crippen LogP contribution < -0.4 is 10.1 Å². The number of anilines is 1. The molecule has 0 unspecified atom stereocenters. The summed E-state index contributed by atoms with van der Waals surface area (Å²) in [6, 6.07) is 8.93. The molecule has 0 bridgehead atoms. The number of hydrogen-bond donors (Lipinski definition) is 1. The molecule has 5 heteroatoms. The molecule has 0 saturated heterocycles. The van der Waals surface area contributed by atoms with Gasteiger partial charge in [-0.2, -0.15) is 0 Å². The molecule has 18 heavy (non-hydrogen) atoms. The van der Waals surface area contributed by atoms with Gasteiger partial charge < -0.3 is 10.1 Å². The van der Waals surface area contributed by atoms with Gasteiger partial charge in [-0.1, -0.05) is 24.3 Å². The number of hydrogen-bond acceptors (Lipinski definition) is 5. The topological polar surface area (TPSA) is 64.1 Å². The minimum atomic E-state index is 0.589. The van der Waals surface area contributed by atoms with Crippen molar-refractivity contribution in [3.8, 4) is 17.0 Å². The van der Waals surface area contributed by atoms with E-state index < -0.39 is 0 Å². The molecule has 0 aliphatic carbocycles. The molecular formula is C13H13N3O2. The Morgan fingerprint density at radius 3 is 2.50 bits per heavy atom. The Bertz CT molecular complexity index is 553. The Morgan fingerprint density at radius 1 is 1.22 bits per heavy atom. The second kappa shape index (κ2) is 5.27. The molecule has 2 aromatic rings. The van der Waals surface area contributed by atoms with Gasteiger partial charge in [-0.25, -0.2) is 0 Å². The van der Waals surface area contributed by atoms with Crippen LogP contribution in [0.4, 0.5) is 5.82 Å². The SMILES string of the molecule is CNc1nnc(-c2ccc(C=O)cc2)cc1OC. The van der Waals surface area contributed by atoms with Gasteiger partial charge in [0.05, 0.1) is 12.8 Å². The number of aldehydes is 1. The molecule has 1 heterocycles. The maximum atomic E-state index is 10.6. The Labute approximate surface area is 105 Å². The summed E-state index contributed by atoms with van der Waals surface area (Å²) in [6.07, 6.45) is 0.806. The molecule has 1 N–H and O–H groups in total. The summed E-state index contributed by atoms with van der Waals surface area (Å²) in [6.45, 7) is 0. The molecule has 0 radical (unpaired) electrons. The molecule has 92 valence electrons. The van der Waals surface area contributed by atoms with Crippen molar-refractivity contribution in [2.45, 2.75) is 0 Å². The van der Waals surface area contributed by atoms with Gasteiger partial charge in [-0.15, -0.1) is 10.2 Å². The summed E-state index contributed by atoms with van der Waals surface area (Å²) < 4.78 is 5.22. The molecule has 0 saturated carbocycles. The Hall–Kier alpha value is -2.43. The van der Waals surface area contributed by atoms with Crippen LogP contribution in [0.3, 0.4) is 0 Å². The van der Waals surface area contributed by atoms with Crippen molar-refractivity contribution in [1.29, 1.82) is 0 Å². The van der Waals surface area contributed by atoms with Crippen LogP contribution in [0, 0.1) is 0 Å². The molecule has 5 nitrogen and oxygen atoms in total. The van der Waals surface area contributed by atoms with Crippen LogP contribution >= 0.6 is 0 Å². The van der Waals surface area contributed by atoms with Gasteiger partial charge in [-0.3, -0.25) is 4.79 Å². The first kappa shape index (κ1) is 12.0. The molecule has 1 aromatic carbocycles. The zero-order valence-electron chi connectivity index (χ0n) is 10.2. The lowest BCUT2D eigenvalue weighted by molar-refractivity contribution is 0.112. The molecular weight excluding hydrogens is 230 g/mol. The summed E-state index contributed by atoms with van der Waals surface area (Å²) in [5, 5.41) is 11.0. The van der Waals surface area contributed by atoms with Crippen molar-refractivity contribution < 1.29 is 9.53 Å². The Morgan fingerprint density at radius 2 is 1.94 bits per heavy atom. The maximum Gasteiger partial charge on any atom is 0.190 e. The van der Waals surface area contributed by atoms with Crippen LogP contribution in [0.25, 0.3) is 11.3 Å². The van der Waals surface area contributed by atoms with Crippen LogP contribution in [0.1, 0.15) is 10.4 Å². The van der Waals surface area contributed by atoms with E-state index in [-0.39, 0.29) is 0 Å². The zero-order chi connectivity index (χ0) is 13.0. The normalized spacial score (nSPS) is 9.89. The van der Waals surface area contributed by atoms with Gasteiger partial charge in [0.1, 0.15) is 6.29 Å². The highest BCUT2D eigenvalue weighted by atomic mass is 16.5. The summed E-state index contributed by atoms with van der Waals surface area (Å²) in [7, 11) is 3.34. The van der Waals surface area contributed by atoms with Crippen LogP contribution in [0.15, 0.2) is 30.3 Å². The van der Waals surface area contributed by atoms with E-state index in [1.807, 2.05) is 12.1 Å². The maximum absolute atomic E-state index is 10.6. The highest BCUT2D eigenvalue weighted by Gasteiger charge is 2.07. The number of ether oxygens (including phenoxy) is 1. The van der Waals surface area contributed by atoms with E-state index in [9.17, 15) is 4.79 Å². The van der Waals surface area contributed by atoms with E-state index in [4.69, 9.17) is 4.74 Å². The predicted molar refractivity (Wildman–Crippen MR) is 69.0 cm³/mol. The van der Waals surface area contributed by atoms with E-state index in [1.54, 1.807) is 32.4 Å². The second-order valence-electron chi connectivity index (χ2n) is 3.64. The zero-order valence-corrected chi connectivity index (χ0v) is 10.2. The first-order chi connectivity index (χ1) is 8.78. The number of nitrogens with one attached hydrogen (secondary N) is 1. The lowest BCUT2D eigenvalue weighted by atomic mass is 10.1. The predicted octanol–water partition coefficient (Wildman–Crippen LogP) is 2.01. The van der Waals surface area contributed by atoms with Gasteiger partial charge in [0, 0.05) is 24.2 Å². The summed E-state index contributed by atoms with van der Waals surface area (Å²) >= 11 is 0. The average molecular weight is 243 g/mol. The van der Waals surface area contributed by atoms with E-state index in [0.717, 1.165) is 11.8 Å². The van der Waals surface area contributed by atoms with Gasteiger partial charge in [-0.05, 0) is 0 Å². The Balaban J connectivity index is 2.40. The van der Waals surface area contributed by atoms with Crippen molar-refractivity contribution in [2.75, 3.05) is 19.5 Å². The molecule has 0 fully saturated rings. The van der Waals surface area contributed by atoms with Crippen LogP contribution in [0.2, 0.25) is 0 Å². The third kappa shape index (κ3) is 2.29. The minimum absolute atomic E-state index is 0.589. The summed E-state index contributed by atoms with van der Waals surface area (Å²) in [5.74, 6) is 1.22. The lowest BCUT2D eigenvalue weighted by Crippen LogP contribution is -2.00. The van der Waals surface area contributed by atoms with Crippen LogP contribution in [0.5, 0.6) is 5.75 Å². The summed E-state index contributed by atoms with van der Waals surface area (Å²) in [5.41, 5.74) is 2.21. The quantitative estimate of drug-likeness (QED) is 0.832. The first-order valence-corrected chi connectivity index (χ1v) is 5.43. The molecule has 0 spiro atoms. The third-order valence-electron chi connectivity index (χ3n) is 2.56. The Kier molecular flexibility index (Phi) is 3.52. The molecule has 0 aliphatic heterocycles. The van der Waals surface area contributed by atoms with Crippen molar-refractivity contribution in [3.63, 3.8) is 0 Å². The van der Waals surface area contributed by atoms with E-state index in [1.165, 1.54) is 0 Å². The van der Waals surface area contributed by atoms with Crippen molar-refractivity contribution in [1.82, 2.24) is 10.2 Å². The highest BCUT2D eigenvalue weighted by Crippen LogP contribution is 2.26. The van der Waals surface area contributed by atoms with E-state index in [2.05, 4.69) is 15.5 Å². The number of nitrogens with zero attached hydrogens (tertiary/aromatic N) is 2. The number of benzene rings is 1. The molecule has 0 amide bonds. The van der Waals surface area contributed by atoms with Crippen LogP contribution in [-0.4, -0.2) is 30.6 Å². The third-order valence-corrected chi connectivity index (χ3v) is 2.56. The highest BCUT2D eigenvalue weighted by molar-refractivity contribution is 5.76. The van der Waals surface area contributed by atoms with Gasteiger partial charge in [0.15, 0.2) is 11.6 Å². The molecule has 0 aliphatic rings. The number of carbonyl (C=O) groups excluding carboxylic acids is 1. The molecule has 1 aromatic heterocycles. The first-order valence-electron chi connectivity index (χ1n) is 5.43. The fourth-order valence-corrected chi connectivity index (χ4v) is 1.58. The minimum Gasteiger partial charge on any atom is -0.493 e. The smallest absolute Gasteiger partial charge is 0.190 e. The second-order valence-corrected chi connectivity index (χ2v) is 3.64. The largest absolute Gasteiger partial charge is 0.493 e. The van der Waals surface area contributed by atoms with Crippen molar-refractivity contribution >= 4 is 12.1 Å². The van der Waals surface area contributed by atoms with E-state index >= 15 is 0 Å². The number of carbonyl (C=O) groups is 1. The number of methoxy groups -OCH3 is 1. The van der Waals surface area contributed by atoms with Gasteiger partial charge in [0.25, 0.3) is 0 Å². The number of rotatable bonds is 4. The van der Waals surface area contributed by atoms with Crippen molar-refractivity contribution in [3.05, 3.63) is 35.9 Å². The fourth-order valence-electron chi connectivity index (χ4n) is 1.58.